The number of halogens is 4. The van der Waals surface area contributed by atoms with Crippen molar-refractivity contribution < 1.29 is 25.6 Å². The number of hydrogen-bond donors (Lipinski definition) is 1. The van der Waals surface area contributed by atoms with E-state index in [4.69, 9.17) is 23.2 Å². The minimum atomic E-state index is -4.53. The molecule has 0 fully saturated rings. The number of fused-ring (bicyclic) bond motifs is 3. The van der Waals surface area contributed by atoms with E-state index in [0.717, 1.165) is 50.6 Å². The summed E-state index contributed by atoms with van der Waals surface area (Å²) in [5.74, 6) is -1.71. The van der Waals surface area contributed by atoms with Crippen molar-refractivity contribution >= 4 is 87.8 Å². The van der Waals surface area contributed by atoms with E-state index in [1.165, 1.54) is 42.7 Å². The average molecular weight is 938 g/mol. The molecule has 1 aliphatic heterocycles. The Morgan fingerprint density at radius 1 is 0.672 bits per heavy atom. The molecule has 4 aromatic carbocycles. The molecule has 0 spiro atoms. The van der Waals surface area contributed by atoms with Crippen molar-refractivity contribution in [2.45, 2.75) is 19.6 Å². The van der Waals surface area contributed by atoms with Gasteiger partial charge in [0.15, 0.2) is 16.2 Å². The van der Waals surface area contributed by atoms with Crippen molar-refractivity contribution in [2.24, 2.45) is 0 Å². The number of nitrogens with zero attached hydrogens (tertiary/aromatic N) is 7. The summed E-state index contributed by atoms with van der Waals surface area (Å²) >= 11 is 13.0. The van der Waals surface area contributed by atoms with Crippen LogP contribution in [0.4, 0.5) is 31.5 Å². The molecule has 64 heavy (non-hydrogen) atoms. The molecule has 8 aromatic rings. The minimum Gasteiger partial charge on any atom is -0.370 e. The molecule has 4 aromatic heterocycles. The van der Waals surface area contributed by atoms with E-state index >= 15 is 0 Å². The Morgan fingerprint density at radius 3 is 2.06 bits per heavy atom. The van der Waals surface area contributed by atoms with E-state index in [0.29, 0.717) is 51.7 Å². The van der Waals surface area contributed by atoms with E-state index < -0.39 is 25.9 Å². The van der Waals surface area contributed by atoms with Crippen LogP contribution in [0.5, 0.6) is 0 Å². The molecule has 0 bridgehead atoms. The van der Waals surface area contributed by atoms with Crippen LogP contribution in [0.25, 0.3) is 44.1 Å². The Kier molecular flexibility index (Phi) is 11.3. The first-order chi connectivity index (χ1) is 30.6. The normalized spacial score (nSPS) is 12.8. The van der Waals surface area contributed by atoms with Gasteiger partial charge in [0.1, 0.15) is 11.6 Å². The summed E-state index contributed by atoms with van der Waals surface area (Å²) in [6.45, 7) is 1.51. The highest BCUT2D eigenvalue weighted by atomic mass is 35.5. The van der Waals surface area contributed by atoms with Gasteiger partial charge >= 0.3 is 0 Å². The second kappa shape index (κ2) is 16.9. The molecule has 0 aliphatic carbocycles. The molecule has 5 heterocycles. The lowest BCUT2D eigenvalue weighted by molar-refractivity contribution is 0.589. The number of benzene rings is 4. The quantitative estimate of drug-likeness (QED) is 0.118. The van der Waals surface area contributed by atoms with Crippen LogP contribution in [-0.2, 0) is 39.7 Å². The maximum atomic E-state index is 14.0. The number of anilines is 4. The summed E-state index contributed by atoms with van der Waals surface area (Å²) in [5.41, 5.74) is 7.79. The first-order valence-corrected chi connectivity index (χ1v) is 23.9. The monoisotopic (exact) mass is 936 g/mol. The Bertz CT molecular complexity index is 3380. The standard InChI is InChI=1S/C46H36Cl2F2N8O4S2/c1-56(24-28-4-3-5-35(49)16-28)42-12-14-51-39-10-8-30(18-37(39)42)33-21-44(46(48)54-23-33)58(63(2,59)60)27-64(61,62)55-41-20-32(22-53-45(41)47)29-7-11-40-38(19-29)43(13-15-52-40)57-25-31-6-9-36(50)17-34(31)26-57/h3-23,55H,24-27H2,1-2H3. The van der Waals surface area contributed by atoms with Crippen LogP contribution in [0.3, 0.4) is 0 Å². The maximum Gasteiger partial charge on any atom is 0.252 e. The van der Waals surface area contributed by atoms with Crippen LogP contribution < -0.4 is 18.8 Å². The molecule has 0 saturated heterocycles. The summed E-state index contributed by atoms with van der Waals surface area (Å²) in [5, 5.41) is 1.15. The fraction of sp³-hybridized carbons (Fsp3) is 0.130. The predicted molar refractivity (Wildman–Crippen MR) is 249 cm³/mol. The van der Waals surface area contributed by atoms with Crippen molar-refractivity contribution in [3.8, 4) is 22.3 Å². The van der Waals surface area contributed by atoms with Gasteiger partial charge in [-0.1, -0.05) is 53.5 Å². The van der Waals surface area contributed by atoms with Gasteiger partial charge in [0, 0.05) is 84.7 Å². The van der Waals surface area contributed by atoms with Crippen LogP contribution in [0.1, 0.15) is 16.7 Å². The number of sulfonamides is 2. The molecule has 0 amide bonds. The van der Waals surface area contributed by atoms with E-state index in [-0.39, 0.29) is 33.3 Å². The lowest BCUT2D eigenvalue weighted by Gasteiger charge is -2.24. The summed E-state index contributed by atoms with van der Waals surface area (Å²) in [6, 6.07) is 28.9. The largest absolute Gasteiger partial charge is 0.370 e. The van der Waals surface area contributed by atoms with E-state index in [9.17, 15) is 25.6 Å². The number of rotatable bonds is 12. The molecule has 1 N–H and O–H groups in total. The average Bonchev–Trinajstić information content (AvgIpc) is 3.68. The van der Waals surface area contributed by atoms with Crippen LogP contribution in [0.15, 0.2) is 128 Å². The van der Waals surface area contributed by atoms with Crippen molar-refractivity contribution in [1.82, 2.24) is 19.9 Å². The molecule has 0 unspecified atom stereocenters. The highest BCUT2D eigenvalue weighted by Crippen LogP contribution is 2.38. The zero-order valence-electron chi connectivity index (χ0n) is 34.0. The molecular formula is C46H36Cl2F2N8O4S2. The lowest BCUT2D eigenvalue weighted by Crippen LogP contribution is -2.37. The molecule has 0 atom stereocenters. The van der Waals surface area contributed by atoms with Crippen molar-refractivity contribution in [2.75, 3.05) is 38.0 Å². The van der Waals surface area contributed by atoms with Crippen molar-refractivity contribution in [3.63, 3.8) is 0 Å². The molecule has 18 heteroatoms. The van der Waals surface area contributed by atoms with E-state index in [1.54, 1.807) is 42.7 Å². The van der Waals surface area contributed by atoms with E-state index in [1.807, 2.05) is 54.4 Å². The molecule has 1 aliphatic rings. The van der Waals surface area contributed by atoms with Crippen LogP contribution in [-0.4, -0.2) is 56.0 Å². The second-order valence-corrected chi connectivity index (χ2v) is 19.7. The van der Waals surface area contributed by atoms with Crippen molar-refractivity contribution in [3.05, 3.63) is 167 Å². The number of nitrogens with one attached hydrogen (secondary N) is 1. The smallest absolute Gasteiger partial charge is 0.252 e. The third-order valence-electron chi connectivity index (χ3n) is 10.9. The molecular weight excluding hydrogens is 902 g/mol. The van der Waals surface area contributed by atoms with Gasteiger partial charge in [-0.3, -0.25) is 19.0 Å². The predicted octanol–water partition coefficient (Wildman–Crippen LogP) is 9.81. The van der Waals surface area contributed by atoms with Crippen molar-refractivity contribution in [1.29, 1.82) is 0 Å². The SMILES string of the molecule is CN(Cc1cccc(F)c1)c1ccnc2ccc(-c3cnc(Cl)c(N(CS(=O)(=O)Nc4cc(-c5ccc6nccc(N7Cc8ccc(F)cc8C7)c6c5)cnc4Cl)S(C)(=O)=O)c3)cc12. The molecule has 9 rings (SSSR count). The number of hydrogen-bond acceptors (Lipinski definition) is 10. The Hall–Kier alpha value is -6.46. The first kappa shape index (κ1) is 42.8. The molecule has 324 valence electrons. The lowest BCUT2D eigenvalue weighted by atomic mass is 10.0. The molecule has 0 saturated carbocycles. The fourth-order valence-corrected chi connectivity index (χ4v) is 11.0. The maximum absolute atomic E-state index is 14.0. The Balaban J connectivity index is 0.989. The number of aromatic nitrogens is 4. The highest BCUT2D eigenvalue weighted by Gasteiger charge is 2.29. The van der Waals surface area contributed by atoms with Crippen LogP contribution in [0, 0.1) is 11.6 Å². The van der Waals surface area contributed by atoms with Crippen LogP contribution in [0.2, 0.25) is 10.3 Å². The van der Waals surface area contributed by atoms with E-state index in [2.05, 4.69) is 29.6 Å². The molecule has 12 nitrogen and oxygen atoms in total. The minimum absolute atomic E-state index is 0.0861. The van der Waals surface area contributed by atoms with Gasteiger partial charge in [-0.05, 0) is 101 Å². The zero-order chi connectivity index (χ0) is 44.9. The summed E-state index contributed by atoms with van der Waals surface area (Å²) in [6.07, 6.45) is 7.22. The summed E-state index contributed by atoms with van der Waals surface area (Å²) in [4.78, 5) is 21.6. The second-order valence-electron chi connectivity index (χ2n) is 15.4. The van der Waals surface area contributed by atoms with Gasteiger partial charge in [0.2, 0.25) is 10.0 Å². The fourth-order valence-electron chi connectivity index (χ4n) is 7.90. The van der Waals surface area contributed by atoms with Gasteiger partial charge in [-0.2, -0.15) is 0 Å². The summed E-state index contributed by atoms with van der Waals surface area (Å²) < 4.78 is 85.7. The van der Waals surface area contributed by atoms with Gasteiger partial charge in [-0.25, -0.2) is 35.6 Å². The highest BCUT2D eigenvalue weighted by molar-refractivity contribution is 7.96. The summed E-state index contributed by atoms with van der Waals surface area (Å²) in [7, 11) is -6.95. The van der Waals surface area contributed by atoms with Crippen LogP contribution >= 0.6 is 23.2 Å². The van der Waals surface area contributed by atoms with Gasteiger partial charge in [-0.15, -0.1) is 0 Å². The number of pyridine rings is 4. The Morgan fingerprint density at radius 2 is 1.33 bits per heavy atom. The van der Waals surface area contributed by atoms with Gasteiger partial charge in [0.25, 0.3) is 10.0 Å². The van der Waals surface area contributed by atoms with Gasteiger partial charge < -0.3 is 9.80 Å². The third-order valence-corrected chi connectivity index (χ3v) is 13.9. The first-order valence-electron chi connectivity index (χ1n) is 19.6. The zero-order valence-corrected chi connectivity index (χ0v) is 37.2. The molecule has 0 radical (unpaired) electrons. The Labute approximate surface area is 377 Å². The topological polar surface area (TPSA) is 142 Å². The van der Waals surface area contributed by atoms with Gasteiger partial charge in [0.05, 0.1) is 28.7 Å². The third kappa shape index (κ3) is 8.86.